The summed E-state index contributed by atoms with van der Waals surface area (Å²) < 4.78 is 3.64. The van der Waals surface area contributed by atoms with Crippen LogP contribution in [0.4, 0.5) is 0 Å². The van der Waals surface area contributed by atoms with Crippen LogP contribution in [0.3, 0.4) is 0 Å². The van der Waals surface area contributed by atoms with Gasteiger partial charge in [0.2, 0.25) is 0 Å². The maximum absolute atomic E-state index is 12.3. The number of hydrogen-bond acceptors (Lipinski definition) is 3. The van der Waals surface area contributed by atoms with Crippen LogP contribution in [0, 0.1) is 13.8 Å². The minimum Gasteiger partial charge on any atom is -0.299 e. The lowest BCUT2D eigenvalue weighted by molar-refractivity contribution is -0.117. The number of ketones is 1. The second-order valence-electron chi connectivity index (χ2n) is 5.27. The van der Waals surface area contributed by atoms with Crippen molar-refractivity contribution >= 4 is 5.78 Å². The van der Waals surface area contributed by atoms with E-state index in [-0.39, 0.29) is 5.78 Å². The minimum absolute atomic E-state index is 0.204. The van der Waals surface area contributed by atoms with E-state index in [1.54, 1.807) is 4.68 Å². The van der Waals surface area contributed by atoms with Crippen molar-refractivity contribution in [3.63, 3.8) is 0 Å². The summed E-state index contributed by atoms with van der Waals surface area (Å²) in [5.74, 6) is 0.204. The van der Waals surface area contributed by atoms with E-state index in [2.05, 4.69) is 17.1 Å². The molecule has 0 amide bonds. The third-order valence-electron chi connectivity index (χ3n) is 3.80. The van der Waals surface area contributed by atoms with Crippen molar-refractivity contribution in [1.82, 2.24) is 19.6 Å². The summed E-state index contributed by atoms with van der Waals surface area (Å²) in [5.41, 5.74) is 5.07. The molecule has 0 aliphatic carbocycles. The molecule has 0 saturated carbocycles. The standard InChI is InChI=1S/C15H22N4O/c1-6-12-7-13(19(5)17-12)8-14(20)9-15-10(2)16-18(4)11(15)3/h7H,6,8-9H2,1-5H3. The highest BCUT2D eigenvalue weighted by Crippen LogP contribution is 2.14. The summed E-state index contributed by atoms with van der Waals surface area (Å²) >= 11 is 0. The number of rotatable bonds is 5. The van der Waals surface area contributed by atoms with Crippen LogP contribution < -0.4 is 0 Å². The van der Waals surface area contributed by atoms with E-state index in [9.17, 15) is 4.79 Å². The molecule has 2 aromatic rings. The summed E-state index contributed by atoms with van der Waals surface area (Å²) in [6.07, 6.45) is 1.76. The van der Waals surface area contributed by atoms with Crippen LogP contribution >= 0.6 is 0 Å². The first-order valence-electron chi connectivity index (χ1n) is 6.95. The van der Waals surface area contributed by atoms with Gasteiger partial charge in [-0.1, -0.05) is 6.92 Å². The van der Waals surface area contributed by atoms with Crippen molar-refractivity contribution in [2.45, 2.75) is 40.0 Å². The quantitative estimate of drug-likeness (QED) is 0.833. The highest BCUT2D eigenvalue weighted by Gasteiger charge is 2.15. The summed E-state index contributed by atoms with van der Waals surface area (Å²) in [5, 5.41) is 8.73. The zero-order valence-corrected chi connectivity index (χ0v) is 12.9. The lowest BCUT2D eigenvalue weighted by Crippen LogP contribution is -2.11. The lowest BCUT2D eigenvalue weighted by atomic mass is 10.0. The van der Waals surface area contributed by atoms with Crippen molar-refractivity contribution in [3.05, 3.63) is 34.4 Å². The molecule has 0 fully saturated rings. The number of carbonyl (C=O) groups is 1. The fourth-order valence-electron chi connectivity index (χ4n) is 2.44. The first-order valence-corrected chi connectivity index (χ1v) is 6.95. The zero-order valence-electron chi connectivity index (χ0n) is 12.9. The molecule has 0 aliphatic rings. The van der Waals surface area contributed by atoms with Gasteiger partial charge in [0.25, 0.3) is 0 Å². The van der Waals surface area contributed by atoms with E-state index in [0.29, 0.717) is 12.8 Å². The molecule has 108 valence electrons. The lowest BCUT2D eigenvalue weighted by Gasteiger charge is -2.03. The Morgan fingerprint density at radius 1 is 1.15 bits per heavy atom. The van der Waals surface area contributed by atoms with Crippen molar-refractivity contribution in [2.75, 3.05) is 0 Å². The summed E-state index contributed by atoms with van der Waals surface area (Å²) in [7, 11) is 3.80. The summed E-state index contributed by atoms with van der Waals surface area (Å²) in [6, 6.07) is 2.01. The fourth-order valence-corrected chi connectivity index (χ4v) is 2.44. The van der Waals surface area contributed by atoms with Crippen LogP contribution in [0.15, 0.2) is 6.07 Å². The van der Waals surface area contributed by atoms with Crippen LogP contribution in [0.25, 0.3) is 0 Å². The molecule has 0 unspecified atom stereocenters. The van der Waals surface area contributed by atoms with Gasteiger partial charge in [0.15, 0.2) is 0 Å². The molecule has 5 heteroatoms. The van der Waals surface area contributed by atoms with Crippen LogP contribution in [-0.2, 0) is 38.2 Å². The number of nitrogens with zero attached hydrogens (tertiary/aromatic N) is 4. The van der Waals surface area contributed by atoms with Gasteiger partial charge in [-0.15, -0.1) is 0 Å². The van der Waals surface area contributed by atoms with Crippen molar-refractivity contribution in [3.8, 4) is 0 Å². The predicted octanol–water partition coefficient (Wildman–Crippen LogP) is 1.69. The van der Waals surface area contributed by atoms with Gasteiger partial charge in [0.05, 0.1) is 11.4 Å². The van der Waals surface area contributed by atoms with Gasteiger partial charge in [0.1, 0.15) is 5.78 Å². The van der Waals surface area contributed by atoms with E-state index in [1.165, 1.54) is 0 Å². The van der Waals surface area contributed by atoms with E-state index in [4.69, 9.17) is 0 Å². The van der Waals surface area contributed by atoms with Crippen LogP contribution in [0.5, 0.6) is 0 Å². The highest BCUT2D eigenvalue weighted by atomic mass is 16.1. The number of Topliss-reactive ketones (excluding diaryl/α,β-unsaturated/α-hetero) is 1. The molecule has 0 aliphatic heterocycles. The minimum atomic E-state index is 0.204. The molecule has 0 aromatic carbocycles. The number of hydrogen-bond donors (Lipinski definition) is 0. The molecule has 0 spiro atoms. The summed E-state index contributed by atoms with van der Waals surface area (Å²) in [6.45, 7) is 6.02. The number of aryl methyl sites for hydroxylation is 4. The third-order valence-corrected chi connectivity index (χ3v) is 3.80. The molecule has 0 bridgehead atoms. The Bertz CT molecular complexity index is 637. The molecule has 5 nitrogen and oxygen atoms in total. The summed E-state index contributed by atoms with van der Waals surface area (Å²) in [4.78, 5) is 12.3. The van der Waals surface area contributed by atoms with Crippen LogP contribution in [-0.4, -0.2) is 25.3 Å². The Kier molecular flexibility index (Phi) is 4.06. The number of aromatic nitrogens is 4. The average molecular weight is 274 g/mol. The van der Waals surface area contributed by atoms with E-state index in [1.807, 2.05) is 38.7 Å². The van der Waals surface area contributed by atoms with Gasteiger partial charge >= 0.3 is 0 Å². The maximum Gasteiger partial charge on any atom is 0.143 e. The molecule has 0 N–H and O–H groups in total. The molecular formula is C15H22N4O. The van der Waals surface area contributed by atoms with Crippen molar-refractivity contribution in [2.24, 2.45) is 14.1 Å². The first kappa shape index (κ1) is 14.5. The van der Waals surface area contributed by atoms with Gasteiger partial charge in [0, 0.05) is 43.9 Å². The molecule has 20 heavy (non-hydrogen) atoms. The van der Waals surface area contributed by atoms with Gasteiger partial charge < -0.3 is 0 Å². The zero-order chi connectivity index (χ0) is 14.9. The Morgan fingerprint density at radius 3 is 2.35 bits per heavy atom. The molecule has 2 heterocycles. The average Bonchev–Trinajstić information content (AvgIpc) is 2.85. The largest absolute Gasteiger partial charge is 0.299 e. The first-order chi connectivity index (χ1) is 9.42. The normalized spacial score (nSPS) is 11.1. The van der Waals surface area contributed by atoms with Gasteiger partial charge in [-0.25, -0.2) is 0 Å². The topological polar surface area (TPSA) is 52.7 Å². The molecule has 0 atom stereocenters. The van der Waals surface area contributed by atoms with Gasteiger partial charge in [-0.2, -0.15) is 10.2 Å². The van der Waals surface area contributed by atoms with E-state index < -0.39 is 0 Å². The SMILES string of the molecule is CCc1cc(CC(=O)Cc2c(C)nn(C)c2C)n(C)n1. The Morgan fingerprint density at radius 2 is 1.85 bits per heavy atom. The van der Waals surface area contributed by atoms with Crippen molar-refractivity contribution < 1.29 is 4.79 Å². The van der Waals surface area contributed by atoms with Gasteiger partial charge in [-0.3, -0.25) is 14.2 Å². The molecule has 0 radical (unpaired) electrons. The number of carbonyl (C=O) groups excluding carboxylic acids is 1. The highest BCUT2D eigenvalue weighted by molar-refractivity contribution is 5.83. The third kappa shape index (κ3) is 2.81. The molecule has 2 aromatic heterocycles. The van der Waals surface area contributed by atoms with E-state index >= 15 is 0 Å². The van der Waals surface area contributed by atoms with Crippen LogP contribution in [0.2, 0.25) is 0 Å². The smallest absolute Gasteiger partial charge is 0.143 e. The predicted molar refractivity (Wildman–Crippen MR) is 77.7 cm³/mol. The van der Waals surface area contributed by atoms with Gasteiger partial charge in [-0.05, 0) is 26.3 Å². The Hall–Kier alpha value is -1.91. The second-order valence-corrected chi connectivity index (χ2v) is 5.27. The second kappa shape index (κ2) is 5.61. The Balaban J connectivity index is 2.11. The van der Waals surface area contributed by atoms with Crippen molar-refractivity contribution in [1.29, 1.82) is 0 Å². The Labute approximate surface area is 119 Å². The maximum atomic E-state index is 12.3. The van der Waals surface area contributed by atoms with Crippen LogP contribution in [0.1, 0.15) is 35.3 Å². The molecular weight excluding hydrogens is 252 g/mol. The molecule has 2 rings (SSSR count). The molecule has 0 saturated heterocycles. The van der Waals surface area contributed by atoms with E-state index in [0.717, 1.165) is 34.8 Å². The monoisotopic (exact) mass is 274 g/mol. The fraction of sp³-hybridized carbons (Fsp3) is 0.533.